The van der Waals surface area contributed by atoms with E-state index in [0.717, 1.165) is 3.97 Å². The Morgan fingerprint density at radius 3 is 2.62 bits per heavy atom. The number of allylic oxidation sites excluding steroid dienone is 2. The molecule has 0 radical (unpaired) electrons. The number of hydrogen-bond acceptors (Lipinski definition) is 5. The molecular weight excluding hydrogens is 453 g/mol. The van der Waals surface area contributed by atoms with E-state index in [9.17, 15) is 17.6 Å². The molecule has 0 fully saturated rings. The zero-order valence-electron chi connectivity index (χ0n) is 17.3. The Morgan fingerprint density at radius 2 is 1.94 bits per heavy atom. The van der Waals surface area contributed by atoms with Crippen molar-refractivity contribution in [1.29, 1.82) is 0 Å². The van der Waals surface area contributed by atoms with Crippen molar-refractivity contribution >= 4 is 38.7 Å². The van der Waals surface area contributed by atoms with Gasteiger partial charge in [0, 0.05) is 16.5 Å². The lowest BCUT2D eigenvalue weighted by Gasteiger charge is -2.30. The molecule has 0 saturated carbocycles. The zero-order chi connectivity index (χ0) is 23.1. The van der Waals surface area contributed by atoms with Gasteiger partial charge in [-0.1, -0.05) is 12.1 Å². The number of hydrogen-bond donors (Lipinski definition) is 1. The molecule has 0 bridgehead atoms. The van der Waals surface area contributed by atoms with Crippen LogP contribution >= 0.6 is 11.8 Å². The summed E-state index contributed by atoms with van der Waals surface area (Å²) in [5.41, 5.74) is 0.487. The van der Waals surface area contributed by atoms with Crippen LogP contribution in [0.1, 0.15) is 23.7 Å². The molecular formula is C23H20FNO5S2. The van der Waals surface area contributed by atoms with Gasteiger partial charge in [-0.2, -0.15) is 0 Å². The van der Waals surface area contributed by atoms with Crippen LogP contribution in [0.5, 0.6) is 11.5 Å². The molecule has 1 N–H and O–H groups in total. The summed E-state index contributed by atoms with van der Waals surface area (Å²) in [5.74, 6) is -0.998. The number of benzene rings is 2. The number of carboxylic acid groups (broad SMARTS) is 1. The van der Waals surface area contributed by atoms with Crippen LogP contribution in [0.3, 0.4) is 0 Å². The molecule has 1 aliphatic rings. The maximum Gasteiger partial charge on any atom is 0.335 e. The SMILES string of the molecule is CSC1=CCC(C)(S(=O)(=O)n2ccc3cc(Oc4cccc(C(=O)O)c4)ccc32)C(F)=C1. The van der Waals surface area contributed by atoms with Gasteiger partial charge in [0.15, 0.2) is 0 Å². The van der Waals surface area contributed by atoms with E-state index < -0.39 is 26.6 Å². The molecule has 0 amide bonds. The fourth-order valence-corrected chi connectivity index (χ4v) is 5.67. The van der Waals surface area contributed by atoms with Gasteiger partial charge in [0.2, 0.25) is 0 Å². The third-order valence-electron chi connectivity index (χ3n) is 5.47. The highest BCUT2D eigenvalue weighted by molar-refractivity contribution is 8.02. The molecule has 6 nitrogen and oxygen atoms in total. The topological polar surface area (TPSA) is 85.6 Å². The van der Waals surface area contributed by atoms with E-state index in [1.54, 1.807) is 42.5 Å². The lowest BCUT2D eigenvalue weighted by molar-refractivity contribution is 0.0696. The van der Waals surface area contributed by atoms with Gasteiger partial charge >= 0.3 is 5.97 Å². The highest BCUT2D eigenvalue weighted by atomic mass is 32.2. The van der Waals surface area contributed by atoms with Crippen molar-refractivity contribution in [2.45, 2.75) is 18.1 Å². The second kappa shape index (κ2) is 8.14. The van der Waals surface area contributed by atoms with E-state index in [1.807, 2.05) is 6.26 Å². The highest BCUT2D eigenvalue weighted by Gasteiger charge is 2.46. The number of thioether (sulfide) groups is 1. The molecule has 1 aromatic heterocycles. The summed E-state index contributed by atoms with van der Waals surface area (Å²) < 4.78 is 46.9. The second-order valence-corrected chi connectivity index (χ2v) is 10.6. The normalized spacial score (nSPS) is 18.8. The standard InChI is InChI=1S/C23H20FNO5S2/c1-23(10-8-19(31-2)14-21(23)24)32(28,29)25-11-9-15-12-18(6-7-20(15)25)30-17-5-3-4-16(13-17)22(26)27/h3-9,11-14H,10H2,1-2H3,(H,26,27). The third-order valence-corrected chi connectivity index (χ3v) is 8.57. The van der Waals surface area contributed by atoms with Crippen LogP contribution in [-0.2, 0) is 10.0 Å². The Morgan fingerprint density at radius 1 is 1.19 bits per heavy atom. The van der Waals surface area contributed by atoms with Gasteiger partial charge in [0.05, 0.1) is 11.1 Å². The summed E-state index contributed by atoms with van der Waals surface area (Å²) in [5, 5.41) is 9.71. The number of ether oxygens (including phenoxy) is 1. The quantitative estimate of drug-likeness (QED) is 0.504. The van der Waals surface area contributed by atoms with Crippen LogP contribution < -0.4 is 4.74 Å². The van der Waals surface area contributed by atoms with Crippen molar-refractivity contribution in [3.8, 4) is 11.5 Å². The number of carbonyl (C=O) groups is 1. The summed E-state index contributed by atoms with van der Waals surface area (Å²) in [6.45, 7) is 1.39. The molecule has 1 unspecified atom stereocenters. The predicted molar refractivity (Wildman–Crippen MR) is 124 cm³/mol. The van der Waals surface area contributed by atoms with Crippen LogP contribution in [0.4, 0.5) is 4.39 Å². The van der Waals surface area contributed by atoms with Crippen molar-refractivity contribution < 1.29 is 27.4 Å². The maximum absolute atomic E-state index is 14.9. The third kappa shape index (κ3) is 3.71. The first-order valence-electron chi connectivity index (χ1n) is 9.65. The minimum atomic E-state index is -4.10. The molecule has 166 valence electrons. The van der Waals surface area contributed by atoms with Crippen molar-refractivity contribution in [2.24, 2.45) is 0 Å². The van der Waals surface area contributed by atoms with E-state index in [2.05, 4.69) is 0 Å². The number of halogens is 1. The molecule has 4 rings (SSSR count). The predicted octanol–water partition coefficient (Wildman–Crippen LogP) is 5.57. The van der Waals surface area contributed by atoms with Gasteiger partial charge < -0.3 is 9.84 Å². The first-order chi connectivity index (χ1) is 15.2. The van der Waals surface area contributed by atoms with E-state index in [1.165, 1.54) is 43.1 Å². The Kier molecular flexibility index (Phi) is 5.64. The molecule has 32 heavy (non-hydrogen) atoms. The van der Waals surface area contributed by atoms with Crippen LogP contribution in [-0.4, -0.2) is 34.5 Å². The fourth-order valence-electron chi connectivity index (χ4n) is 3.51. The summed E-state index contributed by atoms with van der Waals surface area (Å²) >= 11 is 1.36. The van der Waals surface area contributed by atoms with E-state index in [0.29, 0.717) is 27.3 Å². The summed E-state index contributed by atoms with van der Waals surface area (Å²) in [6, 6.07) is 12.5. The monoisotopic (exact) mass is 473 g/mol. The number of nitrogens with zero attached hydrogens (tertiary/aromatic N) is 1. The lowest BCUT2D eigenvalue weighted by Crippen LogP contribution is -2.40. The molecule has 1 atom stereocenters. The van der Waals surface area contributed by atoms with Crippen molar-refractivity contribution in [3.63, 3.8) is 0 Å². The summed E-state index contributed by atoms with van der Waals surface area (Å²) in [7, 11) is -4.10. The molecule has 9 heteroatoms. The van der Waals surface area contributed by atoms with Gasteiger partial charge in [-0.3, -0.25) is 0 Å². The molecule has 0 aliphatic heterocycles. The van der Waals surface area contributed by atoms with E-state index in [-0.39, 0.29) is 12.0 Å². The second-order valence-electron chi connectivity index (χ2n) is 7.51. The van der Waals surface area contributed by atoms with Gasteiger partial charge in [-0.05, 0) is 68.1 Å². The van der Waals surface area contributed by atoms with Crippen LogP contribution in [0.2, 0.25) is 0 Å². The van der Waals surface area contributed by atoms with Gasteiger partial charge in [-0.25, -0.2) is 21.6 Å². The molecule has 1 aliphatic carbocycles. The summed E-state index contributed by atoms with van der Waals surface area (Å²) in [4.78, 5) is 11.8. The van der Waals surface area contributed by atoms with Gasteiger partial charge in [0.1, 0.15) is 22.1 Å². The first kappa shape index (κ1) is 22.2. The number of aromatic carboxylic acids is 1. The largest absolute Gasteiger partial charge is 0.478 e. The smallest absolute Gasteiger partial charge is 0.335 e. The van der Waals surface area contributed by atoms with Crippen molar-refractivity contribution in [3.05, 3.63) is 83.2 Å². The molecule has 0 saturated heterocycles. The number of fused-ring (bicyclic) bond motifs is 1. The minimum absolute atomic E-state index is 0.0363. The maximum atomic E-state index is 14.9. The Hall–Kier alpha value is -3.04. The Labute approximate surface area is 189 Å². The number of carboxylic acids is 1. The Bertz CT molecular complexity index is 1390. The molecule has 2 aromatic carbocycles. The summed E-state index contributed by atoms with van der Waals surface area (Å²) in [6.07, 6.45) is 6.25. The average molecular weight is 474 g/mol. The first-order valence-corrected chi connectivity index (χ1v) is 12.3. The average Bonchev–Trinajstić information content (AvgIpc) is 3.19. The van der Waals surface area contributed by atoms with Crippen LogP contribution in [0, 0.1) is 0 Å². The van der Waals surface area contributed by atoms with E-state index in [4.69, 9.17) is 9.84 Å². The van der Waals surface area contributed by atoms with Crippen molar-refractivity contribution in [2.75, 3.05) is 6.26 Å². The Balaban J connectivity index is 1.68. The molecule has 3 aromatic rings. The fraction of sp³-hybridized carbons (Fsp3) is 0.174. The highest BCUT2D eigenvalue weighted by Crippen LogP contribution is 2.40. The van der Waals surface area contributed by atoms with E-state index >= 15 is 0 Å². The molecule has 0 spiro atoms. The van der Waals surface area contributed by atoms with Gasteiger partial charge in [-0.15, -0.1) is 11.8 Å². The number of aromatic nitrogens is 1. The number of rotatable bonds is 6. The minimum Gasteiger partial charge on any atom is -0.478 e. The van der Waals surface area contributed by atoms with Crippen LogP contribution in [0.15, 0.2) is 77.6 Å². The van der Waals surface area contributed by atoms with Gasteiger partial charge in [0.25, 0.3) is 10.0 Å². The lowest BCUT2D eigenvalue weighted by atomic mass is 10.0. The van der Waals surface area contributed by atoms with Crippen molar-refractivity contribution in [1.82, 2.24) is 3.97 Å². The zero-order valence-corrected chi connectivity index (χ0v) is 18.9. The molecule has 1 heterocycles. The van der Waals surface area contributed by atoms with Crippen LogP contribution in [0.25, 0.3) is 10.9 Å².